The quantitative estimate of drug-likeness (QED) is 0.484. The van der Waals surface area contributed by atoms with Crippen molar-refractivity contribution >= 4 is 11.4 Å². The maximum Gasteiger partial charge on any atom is 0.522 e. The fourth-order valence-electron chi connectivity index (χ4n) is 2.39. The summed E-state index contributed by atoms with van der Waals surface area (Å²) in [5, 5.41) is 11.0. The van der Waals surface area contributed by atoms with Crippen LogP contribution < -0.4 is 4.90 Å². The van der Waals surface area contributed by atoms with Gasteiger partial charge in [-0.15, -0.1) is 13.2 Å². The minimum atomic E-state index is -4.87. The van der Waals surface area contributed by atoms with E-state index < -0.39 is 23.6 Å². The number of rotatable bonds is 4. The average Bonchev–Trinajstić information content (AvgIpc) is 2.45. The van der Waals surface area contributed by atoms with E-state index in [2.05, 4.69) is 4.74 Å². The van der Waals surface area contributed by atoms with Crippen LogP contribution in [-0.2, 0) is 4.74 Å². The number of anilines is 1. The third kappa shape index (κ3) is 4.06. The Morgan fingerprint density at radius 3 is 2.41 bits per heavy atom. The Bertz CT molecular complexity index is 542. The zero-order valence-electron chi connectivity index (χ0n) is 11.5. The van der Waals surface area contributed by atoms with Gasteiger partial charge in [0, 0.05) is 32.0 Å². The molecule has 1 aromatic carbocycles. The molecule has 1 fully saturated rings. The highest BCUT2D eigenvalue weighted by atomic mass is 19.4. The number of hydrogen-bond donors (Lipinski definition) is 0. The van der Waals surface area contributed by atoms with Gasteiger partial charge in [0.05, 0.1) is 11.5 Å². The van der Waals surface area contributed by atoms with Crippen molar-refractivity contribution in [2.24, 2.45) is 0 Å². The molecule has 122 valence electrons. The predicted molar refractivity (Wildman–Crippen MR) is 70.4 cm³/mol. The minimum Gasteiger partial charge on any atom is -0.366 e. The molecule has 0 N–H and O–H groups in total. The lowest BCUT2D eigenvalue weighted by molar-refractivity contribution is -0.384. The van der Waals surface area contributed by atoms with Crippen molar-refractivity contribution in [3.63, 3.8) is 0 Å². The van der Waals surface area contributed by atoms with Crippen LogP contribution >= 0.6 is 0 Å². The Morgan fingerprint density at radius 2 is 1.86 bits per heavy atom. The number of para-hydroxylation sites is 2. The van der Waals surface area contributed by atoms with Crippen LogP contribution in [0.3, 0.4) is 0 Å². The smallest absolute Gasteiger partial charge is 0.366 e. The SMILES string of the molecule is O=[N+]([O-])c1ccccc1N1CCC(F)(COC(F)(F)F)CC1. The fourth-order valence-corrected chi connectivity index (χ4v) is 2.39. The summed E-state index contributed by atoms with van der Waals surface area (Å²) in [7, 11) is 0. The number of piperidine rings is 1. The summed E-state index contributed by atoms with van der Waals surface area (Å²) in [6.45, 7) is -0.883. The molecule has 9 heteroatoms. The first-order valence-corrected chi connectivity index (χ1v) is 6.58. The van der Waals surface area contributed by atoms with Crippen LogP contribution in [0, 0.1) is 10.1 Å². The van der Waals surface area contributed by atoms with Crippen molar-refractivity contribution in [3.8, 4) is 0 Å². The second-order valence-corrected chi connectivity index (χ2v) is 5.12. The average molecular weight is 322 g/mol. The van der Waals surface area contributed by atoms with Crippen molar-refractivity contribution < 1.29 is 27.2 Å². The van der Waals surface area contributed by atoms with Crippen LogP contribution in [0.2, 0.25) is 0 Å². The molecule has 0 bridgehead atoms. The fraction of sp³-hybridized carbons (Fsp3) is 0.538. The molecule has 0 spiro atoms. The van der Waals surface area contributed by atoms with Crippen LogP contribution in [0.5, 0.6) is 0 Å². The lowest BCUT2D eigenvalue weighted by Crippen LogP contribution is -2.45. The van der Waals surface area contributed by atoms with Gasteiger partial charge in [-0.3, -0.25) is 14.9 Å². The lowest BCUT2D eigenvalue weighted by Gasteiger charge is -2.37. The first-order valence-electron chi connectivity index (χ1n) is 6.58. The molecule has 0 atom stereocenters. The van der Waals surface area contributed by atoms with E-state index >= 15 is 0 Å². The van der Waals surface area contributed by atoms with Gasteiger partial charge in [-0.05, 0) is 6.07 Å². The summed E-state index contributed by atoms with van der Waals surface area (Å²) in [5.41, 5.74) is -1.85. The van der Waals surface area contributed by atoms with Gasteiger partial charge in [-0.1, -0.05) is 12.1 Å². The van der Waals surface area contributed by atoms with Gasteiger partial charge in [0.1, 0.15) is 11.4 Å². The van der Waals surface area contributed by atoms with E-state index in [-0.39, 0.29) is 31.6 Å². The highest BCUT2D eigenvalue weighted by molar-refractivity contribution is 5.63. The van der Waals surface area contributed by atoms with Crippen molar-refractivity contribution in [2.45, 2.75) is 24.9 Å². The molecule has 0 amide bonds. The van der Waals surface area contributed by atoms with Gasteiger partial charge in [0.15, 0.2) is 0 Å². The molecule has 1 aromatic rings. The Hall–Kier alpha value is -1.90. The Morgan fingerprint density at radius 1 is 1.27 bits per heavy atom. The third-order valence-corrected chi connectivity index (χ3v) is 3.57. The van der Waals surface area contributed by atoms with Gasteiger partial charge >= 0.3 is 6.36 Å². The number of nitro benzene ring substituents is 1. The first kappa shape index (κ1) is 16.5. The molecule has 1 aliphatic heterocycles. The molecule has 1 aliphatic rings. The van der Waals surface area contributed by atoms with E-state index in [1.54, 1.807) is 11.0 Å². The molecule has 0 saturated carbocycles. The van der Waals surface area contributed by atoms with Crippen molar-refractivity contribution in [3.05, 3.63) is 34.4 Å². The maximum atomic E-state index is 14.3. The molecule has 22 heavy (non-hydrogen) atoms. The molecule has 2 rings (SSSR count). The second-order valence-electron chi connectivity index (χ2n) is 5.12. The Labute approximate surface area is 123 Å². The van der Waals surface area contributed by atoms with E-state index in [9.17, 15) is 27.7 Å². The van der Waals surface area contributed by atoms with E-state index in [1.165, 1.54) is 18.2 Å². The highest BCUT2D eigenvalue weighted by Crippen LogP contribution is 2.35. The number of halogens is 4. The van der Waals surface area contributed by atoms with Gasteiger partial charge < -0.3 is 4.90 Å². The van der Waals surface area contributed by atoms with Gasteiger partial charge in [0.2, 0.25) is 0 Å². The monoisotopic (exact) mass is 322 g/mol. The van der Waals surface area contributed by atoms with Crippen molar-refractivity contribution in [1.29, 1.82) is 0 Å². The number of alkyl halides is 4. The molecule has 0 radical (unpaired) electrons. The lowest BCUT2D eigenvalue weighted by atomic mass is 9.94. The van der Waals surface area contributed by atoms with Gasteiger partial charge in [-0.2, -0.15) is 0 Å². The summed E-state index contributed by atoms with van der Waals surface area (Å²) in [4.78, 5) is 12.0. The molecule has 0 unspecified atom stereocenters. The number of benzene rings is 1. The third-order valence-electron chi connectivity index (χ3n) is 3.57. The molecule has 5 nitrogen and oxygen atoms in total. The van der Waals surface area contributed by atoms with E-state index in [1.807, 2.05) is 0 Å². The summed E-state index contributed by atoms with van der Waals surface area (Å²) < 4.78 is 53.8. The number of hydrogen-bond acceptors (Lipinski definition) is 4. The zero-order chi connectivity index (χ0) is 16.4. The van der Waals surface area contributed by atoms with Crippen molar-refractivity contribution in [1.82, 2.24) is 0 Å². The Kier molecular flexibility index (Phi) is 4.55. The van der Waals surface area contributed by atoms with Crippen molar-refractivity contribution in [2.75, 3.05) is 24.6 Å². The Balaban J connectivity index is 2.02. The van der Waals surface area contributed by atoms with Gasteiger partial charge in [0.25, 0.3) is 5.69 Å². The molecule has 0 aromatic heterocycles. The molecule has 1 saturated heterocycles. The standard InChI is InChI=1S/C13H14F4N2O3/c14-12(9-22-13(15,16)17)5-7-18(8-6-12)10-3-1-2-4-11(10)19(20)21/h1-4H,5-9H2. The summed E-state index contributed by atoms with van der Waals surface area (Å²) in [5.74, 6) is 0. The van der Waals surface area contributed by atoms with E-state index in [0.717, 1.165) is 0 Å². The number of nitrogens with zero attached hydrogens (tertiary/aromatic N) is 2. The van der Waals surface area contributed by atoms with Crippen LogP contribution in [0.4, 0.5) is 28.9 Å². The normalized spacial score (nSPS) is 18.3. The second kappa shape index (κ2) is 6.07. The molecular formula is C13H14F4N2O3. The molecule has 0 aliphatic carbocycles. The van der Waals surface area contributed by atoms with Crippen LogP contribution in [0.15, 0.2) is 24.3 Å². The topological polar surface area (TPSA) is 55.6 Å². The maximum absolute atomic E-state index is 14.3. The zero-order valence-corrected chi connectivity index (χ0v) is 11.5. The highest BCUT2D eigenvalue weighted by Gasteiger charge is 2.40. The number of ether oxygens (including phenoxy) is 1. The summed E-state index contributed by atoms with van der Waals surface area (Å²) in [6.07, 6.45) is -5.24. The van der Waals surface area contributed by atoms with E-state index in [4.69, 9.17) is 0 Å². The predicted octanol–water partition coefficient (Wildman–Crippen LogP) is 3.44. The molecule has 1 heterocycles. The largest absolute Gasteiger partial charge is 0.522 e. The van der Waals surface area contributed by atoms with Crippen LogP contribution in [0.25, 0.3) is 0 Å². The summed E-state index contributed by atoms with van der Waals surface area (Å²) in [6, 6.07) is 6.00. The minimum absolute atomic E-state index is 0.0859. The van der Waals surface area contributed by atoms with Crippen LogP contribution in [0.1, 0.15) is 12.8 Å². The van der Waals surface area contributed by atoms with Gasteiger partial charge in [-0.25, -0.2) is 4.39 Å². The first-order chi connectivity index (χ1) is 10.2. The molecular weight excluding hydrogens is 308 g/mol. The summed E-state index contributed by atoms with van der Waals surface area (Å²) >= 11 is 0. The van der Waals surface area contributed by atoms with Crippen LogP contribution in [-0.4, -0.2) is 36.7 Å². The number of nitro groups is 1. The van der Waals surface area contributed by atoms with E-state index in [0.29, 0.717) is 5.69 Å².